The van der Waals surface area contributed by atoms with Crippen molar-refractivity contribution >= 4 is 12.0 Å². The van der Waals surface area contributed by atoms with E-state index in [1.165, 1.54) is 0 Å². The number of nitrogens with one attached hydrogen (secondary N) is 2. The number of carbonyl (C=O) groups is 2. The zero-order chi connectivity index (χ0) is 12.4. The van der Waals surface area contributed by atoms with Gasteiger partial charge in [0.1, 0.15) is 6.04 Å². The molecule has 5 nitrogen and oxygen atoms in total. The van der Waals surface area contributed by atoms with Gasteiger partial charge in [0.25, 0.3) is 0 Å². The van der Waals surface area contributed by atoms with Gasteiger partial charge >= 0.3 is 12.0 Å². The summed E-state index contributed by atoms with van der Waals surface area (Å²) in [5.74, 6) is -0.314. The van der Waals surface area contributed by atoms with E-state index in [2.05, 4.69) is 17.6 Å². The molecule has 0 bridgehead atoms. The van der Waals surface area contributed by atoms with Crippen molar-refractivity contribution in [3.8, 4) is 0 Å². The number of carboxylic acid groups (broad SMARTS) is 1. The van der Waals surface area contributed by atoms with Gasteiger partial charge < -0.3 is 15.7 Å². The number of hydrogen-bond donors (Lipinski definition) is 3. The van der Waals surface area contributed by atoms with Crippen LogP contribution in [0.4, 0.5) is 4.79 Å². The lowest BCUT2D eigenvalue weighted by Crippen LogP contribution is -2.50. The van der Waals surface area contributed by atoms with Gasteiger partial charge in [0.15, 0.2) is 0 Å². The van der Waals surface area contributed by atoms with E-state index in [9.17, 15) is 9.59 Å². The van der Waals surface area contributed by atoms with Gasteiger partial charge in [0.05, 0.1) is 0 Å². The minimum absolute atomic E-state index is 0.124. The molecule has 2 aliphatic rings. The summed E-state index contributed by atoms with van der Waals surface area (Å²) in [6, 6.07) is -0.849. The van der Waals surface area contributed by atoms with Crippen molar-refractivity contribution < 1.29 is 14.7 Å². The molecule has 0 heterocycles. The second-order valence-electron chi connectivity index (χ2n) is 5.29. The van der Waals surface area contributed by atoms with Gasteiger partial charge in [-0.3, -0.25) is 0 Å². The first-order chi connectivity index (χ1) is 8.08. The Morgan fingerprint density at radius 2 is 1.94 bits per heavy atom. The van der Waals surface area contributed by atoms with Crippen LogP contribution in [-0.4, -0.2) is 29.2 Å². The highest BCUT2D eigenvalue weighted by Gasteiger charge is 2.37. The lowest BCUT2D eigenvalue weighted by molar-refractivity contribution is -0.139. The summed E-state index contributed by atoms with van der Waals surface area (Å²) in [4.78, 5) is 22.7. The molecule has 0 radical (unpaired) electrons. The smallest absolute Gasteiger partial charge is 0.326 e. The van der Waals surface area contributed by atoms with Gasteiger partial charge in [-0.05, 0) is 37.5 Å². The van der Waals surface area contributed by atoms with Crippen molar-refractivity contribution in [2.45, 2.75) is 51.1 Å². The van der Waals surface area contributed by atoms with E-state index in [4.69, 9.17) is 5.11 Å². The Morgan fingerprint density at radius 3 is 2.41 bits per heavy atom. The van der Waals surface area contributed by atoms with Crippen molar-refractivity contribution in [2.75, 3.05) is 0 Å². The lowest BCUT2D eigenvalue weighted by atomic mass is 10.1. The van der Waals surface area contributed by atoms with E-state index in [1.807, 2.05) is 0 Å². The molecule has 0 spiro atoms. The lowest BCUT2D eigenvalue weighted by Gasteiger charge is -2.20. The summed E-state index contributed by atoms with van der Waals surface area (Å²) >= 11 is 0. The minimum Gasteiger partial charge on any atom is -0.480 e. The Hall–Kier alpha value is -1.26. The Labute approximate surface area is 101 Å². The van der Waals surface area contributed by atoms with Crippen LogP contribution in [0.15, 0.2) is 0 Å². The van der Waals surface area contributed by atoms with E-state index >= 15 is 0 Å². The third-order valence-electron chi connectivity index (χ3n) is 3.82. The fourth-order valence-electron chi connectivity index (χ4n) is 2.52. The Bertz CT molecular complexity index is 315. The largest absolute Gasteiger partial charge is 0.480 e. The maximum atomic E-state index is 11.7. The summed E-state index contributed by atoms with van der Waals surface area (Å²) in [6.45, 7) is 2.12. The quantitative estimate of drug-likeness (QED) is 0.693. The molecule has 2 aliphatic carbocycles. The molecule has 0 aliphatic heterocycles. The zero-order valence-corrected chi connectivity index (χ0v) is 10.1. The Kier molecular flexibility index (Phi) is 3.54. The van der Waals surface area contributed by atoms with Crippen LogP contribution in [0.25, 0.3) is 0 Å². The monoisotopic (exact) mass is 240 g/mol. The van der Waals surface area contributed by atoms with Crippen LogP contribution in [0.3, 0.4) is 0 Å². The normalized spacial score (nSPS) is 29.7. The molecule has 0 saturated heterocycles. The van der Waals surface area contributed by atoms with Gasteiger partial charge in [-0.1, -0.05) is 13.3 Å². The summed E-state index contributed by atoms with van der Waals surface area (Å²) < 4.78 is 0. The van der Waals surface area contributed by atoms with Crippen LogP contribution in [0, 0.1) is 11.8 Å². The van der Waals surface area contributed by atoms with E-state index in [0.29, 0.717) is 5.92 Å². The molecule has 3 N–H and O–H groups in total. The highest BCUT2D eigenvalue weighted by Crippen LogP contribution is 2.32. The molecule has 96 valence electrons. The summed E-state index contributed by atoms with van der Waals surface area (Å²) in [5, 5.41) is 14.5. The molecule has 3 atom stereocenters. The number of amides is 2. The number of rotatable bonds is 4. The number of carbonyl (C=O) groups excluding carboxylic acids is 1. The predicted octanol–water partition coefficient (Wildman–Crippen LogP) is 1.34. The minimum atomic E-state index is -0.929. The average molecular weight is 240 g/mol. The van der Waals surface area contributed by atoms with Gasteiger partial charge in [-0.2, -0.15) is 0 Å². The standard InChI is InChI=1S/C12H20N2O3/c1-7-3-2-4-9(7)13-12(17)14-10(11(15)16)8-5-6-8/h7-10H,2-6H2,1H3,(H,15,16)(H2,13,14,17). The van der Waals surface area contributed by atoms with Crippen LogP contribution in [0.5, 0.6) is 0 Å². The van der Waals surface area contributed by atoms with E-state index in [-0.39, 0.29) is 18.0 Å². The predicted molar refractivity (Wildman–Crippen MR) is 62.6 cm³/mol. The SMILES string of the molecule is CC1CCCC1NC(=O)NC(C(=O)O)C1CC1. The van der Waals surface area contributed by atoms with Crippen LogP contribution in [0.2, 0.25) is 0 Å². The van der Waals surface area contributed by atoms with Gasteiger partial charge in [-0.25, -0.2) is 9.59 Å². The second kappa shape index (κ2) is 4.94. The van der Waals surface area contributed by atoms with Gasteiger partial charge in [0, 0.05) is 6.04 Å². The van der Waals surface area contributed by atoms with Gasteiger partial charge in [0.2, 0.25) is 0 Å². The van der Waals surface area contributed by atoms with E-state index in [0.717, 1.165) is 32.1 Å². The number of carboxylic acids is 1. The highest BCUT2D eigenvalue weighted by molar-refractivity contribution is 5.83. The molecular weight excluding hydrogens is 220 g/mol. The third-order valence-corrected chi connectivity index (χ3v) is 3.82. The molecule has 2 fully saturated rings. The van der Waals surface area contributed by atoms with Crippen LogP contribution in [0.1, 0.15) is 39.0 Å². The third kappa shape index (κ3) is 3.11. The van der Waals surface area contributed by atoms with Crippen LogP contribution < -0.4 is 10.6 Å². The zero-order valence-electron chi connectivity index (χ0n) is 10.1. The Balaban J connectivity index is 1.81. The Morgan fingerprint density at radius 1 is 1.24 bits per heavy atom. The second-order valence-corrected chi connectivity index (χ2v) is 5.29. The molecule has 0 aromatic rings. The molecule has 5 heteroatoms. The van der Waals surface area contributed by atoms with Gasteiger partial charge in [-0.15, -0.1) is 0 Å². The maximum Gasteiger partial charge on any atom is 0.326 e. The first kappa shape index (κ1) is 12.2. The molecule has 2 amide bonds. The highest BCUT2D eigenvalue weighted by atomic mass is 16.4. The molecule has 2 rings (SSSR count). The molecule has 3 unspecified atom stereocenters. The fourth-order valence-corrected chi connectivity index (χ4v) is 2.52. The molecule has 0 aromatic heterocycles. The summed E-state index contributed by atoms with van der Waals surface area (Å²) in [5.41, 5.74) is 0. The van der Waals surface area contributed by atoms with Crippen molar-refractivity contribution in [1.29, 1.82) is 0 Å². The van der Waals surface area contributed by atoms with Crippen molar-refractivity contribution in [1.82, 2.24) is 10.6 Å². The first-order valence-corrected chi connectivity index (χ1v) is 6.37. The molecule has 2 saturated carbocycles. The first-order valence-electron chi connectivity index (χ1n) is 6.37. The summed E-state index contributed by atoms with van der Waals surface area (Å²) in [7, 11) is 0. The fraction of sp³-hybridized carbons (Fsp3) is 0.833. The van der Waals surface area contributed by atoms with E-state index in [1.54, 1.807) is 0 Å². The van der Waals surface area contributed by atoms with E-state index < -0.39 is 12.0 Å². The maximum absolute atomic E-state index is 11.7. The van der Waals surface area contributed by atoms with Crippen molar-refractivity contribution in [3.63, 3.8) is 0 Å². The van der Waals surface area contributed by atoms with Crippen LogP contribution in [-0.2, 0) is 4.79 Å². The van der Waals surface area contributed by atoms with Crippen molar-refractivity contribution in [2.24, 2.45) is 11.8 Å². The molecule has 17 heavy (non-hydrogen) atoms. The topological polar surface area (TPSA) is 78.4 Å². The van der Waals surface area contributed by atoms with Crippen molar-refractivity contribution in [3.05, 3.63) is 0 Å². The van der Waals surface area contributed by atoms with Crippen LogP contribution >= 0.6 is 0 Å². The average Bonchev–Trinajstić information content (AvgIpc) is 3.01. The number of aliphatic carboxylic acids is 1. The molecule has 0 aromatic carbocycles. The molecular formula is C12H20N2O3. The number of urea groups is 1. The number of hydrogen-bond acceptors (Lipinski definition) is 2. The summed E-state index contributed by atoms with van der Waals surface area (Å²) in [6.07, 6.45) is 5.07.